The summed E-state index contributed by atoms with van der Waals surface area (Å²) in [6.45, 7) is 12.4. The summed E-state index contributed by atoms with van der Waals surface area (Å²) in [5, 5.41) is 9.93. The van der Waals surface area contributed by atoms with Gasteiger partial charge in [-0.3, -0.25) is 0 Å². The first-order chi connectivity index (χ1) is 23.2. The van der Waals surface area contributed by atoms with Gasteiger partial charge < -0.3 is 4.90 Å². The Labute approximate surface area is 276 Å². The molecule has 7 aromatic carbocycles. The van der Waals surface area contributed by atoms with Crippen molar-refractivity contribution in [2.45, 2.75) is 0 Å². The van der Waals surface area contributed by atoms with Crippen molar-refractivity contribution in [2.24, 2.45) is 0 Å². The molecular formula is C46H35N. The van der Waals surface area contributed by atoms with Gasteiger partial charge in [-0.05, 0) is 102 Å². The number of fused-ring (bicyclic) bond motifs is 6. The van der Waals surface area contributed by atoms with E-state index < -0.39 is 0 Å². The molecule has 0 unspecified atom stereocenters. The largest absolute Gasteiger partial charge is 0.318 e. The van der Waals surface area contributed by atoms with Crippen LogP contribution in [0.1, 0.15) is 5.56 Å². The van der Waals surface area contributed by atoms with E-state index in [1.807, 2.05) is 18.2 Å². The summed E-state index contributed by atoms with van der Waals surface area (Å²) < 4.78 is 0. The Hall–Kier alpha value is -6.18. The summed E-state index contributed by atoms with van der Waals surface area (Å²) in [6.07, 6.45) is 13.8. The highest BCUT2D eigenvalue weighted by molar-refractivity contribution is 6.14. The lowest BCUT2D eigenvalue weighted by Gasteiger charge is -2.21. The number of hydrogen-bond donors (Lipinski definition) is 0. The first-order valence-corrected chi connectivity index (χ1v) is 15.9. The minimum Gasteiger partial charge on any atom is -0.318 e. The van der Waals surface area contributed by atoms with Crippen molar-refractivity contribution in [3.63, 3.8) is 0 Å². The van der Waals surface area contributed by atoms with Gasteiger partial charge in [0.25, 0.3) is 0 Å². The molecule has 224 valence electrons. The molecule has 0 atom stereocenters. The fourth-order valence-corrected chi connectivity index (χ4v) is 6.50. The van der Waals surface area contributed by atoms with Crippen LogP contribution in [0.4, 0.5) is 5.69 Å². The lowest BCUT2D eigenvalue weighted by molar-refractivity contribution is 1.21. The zero-order chi connectivity index (χ0) is 32.2. The highest BCUT2D eigenvalue weighted by Gasteiger charge is 2.11. The molecule has 0 fully saturated rings. The van der Waals surface area contributed by atoms with Crippen molar-refractivity contribution in [3.8, 4) is 11.1 Å². The van der Waals surface area contributed by atoms with Crippen LogP contribution < -0.4 is 4.90 Å². The Morgan fingerprint density at radius 3 is 1.74 bits per heavy atom. The minimum absolute atomic E-state index is 0.828. The Kier molecular flexibility index (Phi) is 8.20. The Morgan fingerprint density at radius 1 is 0.553 bits per heavy atom. The summed E-state index contributed by atoms with van der Waals surface area (Å²) in [7, 11) is 0. The predicted octanol–water partition coefficient (Wildman–Crippen LogP) is 12.8. The third kappa shape index (κ3) is 5.72. The number of nitrogens with zero attached hydrogens (tertiary/aromatic N) is 1. The van der Waals surface area contributed by atoms with Crippen LogP contribution in [0.5, 0.6) is 0 Å². The maximum absolute atomic E-state index is 4.38. The molecule has 0 N–H and O–H groups in total. The first kappa shape index (κ1) is 29.5. The van der Waals surface area contributed by atoms with Crippen molar-refractivity contribution in [1.82, 2.24) is 0 Å². The molecule has 7 rings (SSSR count). The van der Waals surface area contributed by atoms with Crippen LogP contribution in [0, 0.1) is 0 Å². The van der Waals surface area contributed by atoms with Crippen molar-refractivity contribution < 1.29 is 0 Å². The van der Waals surface area contributed by atoms with Gasteiger partial charge in [-0.25, -0.2) is 0 Å². The van der Waals surface area contributed by atoms with Crippen molar-refractivity contribution in [3.05, 3.63) is 207 Å². The number of anilines is 1. The maximum atomic E-state index is 4.38. The second kappa shape index (κ2) is 13.0. The predicted molar refractivity (Wildman–Crippen MR) is 207 cm³/mol. The van der Waals surface area contributed by atoms with Crippen LogP contribution >= 0.6 is 0 Å². The van der Waals surface area contributed by atoms with Crippen LogP contribution in [0.3, 0.4) is 0 Å². The monoisotopic (exact) mass is 601 g/mol. The summed E-state index contributed by atoms with van der Waals surface area (Å²) in [5.41, 5.74) is 6.44. The minimum atomic E-state index is 0.828. The normalized spacial score (nSPS) is 12.0. The zero-order valence-electron chi connectivity index (χ0n) is 26.3. The molecule has 0 saturated carbocycles. The van der Waals surface area contributed by atoms with E-state index in [1.54, 1.807) is 6.08 Å². The highest BCUT2D eigenvalue weighted by Crippen LogP contribution is 2.36. The third-order valence-corrected chi connectivity index (χ3v) is 8.77. The standard InChI is InChI=1S/C46H35N/c1-4-6-16-33(3)47(30-15-19-34(5-2)45-31-36-17-7-9-20-39(36)41-22-11-13-24-43(41)45)38-28-26-35(27-29-38)46-32-37-18-8-10-21-40(37)42-23-12-14-25-44(42)46/h4-32H,1-3H2/b16-6-,30-15+,34-19+. The van der Waals surface area contributed by atoms with Crippen molar-refractivity contribution in [2.75, 3.05) is 4.90 Å². The first-order valence-electron chi connectivity index (χ1n) is 15.9. The lowest BCUT2D eigenvalue weighted by Crippen LogP contribution is -2.12. The van der Waals surface area contributed by atoms with E-state index in [1.165, 1.54) is 54.2 Å². The molecule has 0 spiro atoms. The molecular weight excluding hydrogens is 567 g/mol. The van der Waals surface area contributed by atoms with E-state index in [-0.39, 0.29) is 0 Å². The number of allylic oxidation sites excluding steroid dienone is 7. The van der Waals surface area contributed by atoms with E-state index in [9.17, 15) is 0 Å². The summed E-state index contributed by atoms with van der Waals surface area (Å²) in [5.74, 6) is 0. The number of rotatable bonds is 9. The molecule has 47 heavy (non-hydrogen) atoms. The van der Waals surface area contributed by atoms with Crippen LogP contribution in [-0.4, -0.2) is 0 Å². The van der Waals surface area contributed by atoms with E-state index >= 15 is 0 Å². The molecule has 0 saturated heterocycles. The molecule has 1 heteroatoms. The smallest absolute Gasteiger partial charge is 0.0455 e. The molecule has 0 aliphatic carbocycles. The van der Waals surface area contributed by atoms with Gasteiger partial charge in [0.05, 0.1) is 0 Å². The van der Waals surface area contributed by atoms with E-state index in [0.717, 1.165) is 22.5 Å². The topological polar surface area (TPSA) is 3.24 Å². The summed E-state index contributed by atoms with van der Waals surface area (Å²) in [4.78, 5) is 2.10. The zero-order valence-corrected chi connectivity index (χ0v) is 26.3. The molecule has 0 radical (unpaired) electrons. The Balaban J connectivity index is 1.27. The van der Waals surface area contributed by atoms with E-state index in [0.29, 0.717) is 0 Å². The molecule has 0 heterocycles. The van der Waals surface area contributed by atoms with Crippen LogP contribution in [0.2, 0.25) is 0 Å². The van der Waals surface area contributed by atoms with Gasteiger partial charge in [-0.15, -0.1) is 0 Å². The average Bonchev–Trinajstić information content (AvgIpc) is 3.13. The SMILES string of the molecule is C=C/C=C\C(=C)N(/C=C/C=C(\C=C)c1cc2ccccc2c2ccccc12)c1ccc(-c2cc3ccccc3c3ccccc23)cc1. The lowest BCUT2D eigenvalue weighted by atomic mass is 9.93. The molecule has 0 amide bonds. The Bertz CT molecular complexity index is 2400. The molecule has 0 bridgehead atoms. The molecule has 0 aliphatic rings. The third-order valence-electron chi connectivity index (χ3n) is 8.77. The van der Waals surface area contributed by atoms with Gasteiger partial charge in [-0.1, -0.05) is 153 Å². The van der Waals surface area contributed by atoms with Crippen LogP contribution in [0.15, 0.2) is 202 Å². The average molecular weight is 602 g/mol. The number of benzene rings is 7. The van der Waals surface area contributed by atoms with Crippen molar-refractivity contribution >= 4 is 54.4 Å². The quantitative estimate of drug-likeness (QED) is 0.117. The highest BCUT2D eigenvalue weighted by atomic mass is 15.1. The van der Waals surface area contributed by atoms with Gasteiger partial charge >= 0.3 is 0 Å². The fourth-order valence-electron chi connectivity index (χ4n) is 6.50. The second-order valence-corrected chi connectivity index (χ2v) is 11.6. The molecule has 7 aromatic rings. The maximum Gasteiger partial charge on any atom is 0.0455 e. The summed E-state index contributed by atoms with van der Waals surface area (Å²) >= 11 is 0. The second-order valence-electron chi connectivity index (χ2n) is 11.6. The van der Waals surface area contributed by atoms with Crippen molar-refractivity contribution in [1.29, 1.82) is 0 Å². The van der Waals surface area contributed by atoms with E-state index in [4.69, 9.17) is 0 Å². The van der Waals surface area contributed by atoms with Gasteiger partial charge in [0.1, 0.15) is 0 Å². The molecule has 0 aliphatic heterocycles. The van der Waals surface area contributed by atoms with Gasteiger partial charge in [0.2, 0.25) is 0 Å². The van der Waals surface area contributed by atoms with Gasteiger partial charge in [-0.2, -0.15) is 0 Å². The summed E-state index contributed by atoms with van der Waals surface area (Å²) in [6, 6.07) is 47.6. The van der Waals surface area contributed by atoms with Gasteiger partial charge in [0.15, 0.2) is 0 Å². The van der Waals surface area contributed by atoms with E-state index in [2.05, 4.69) is 176 Å². The van der Waals surface area contributed by atoms with Crippen LogP contribution in [0.25, 0.3) is 59.8 Å². The van der Waals surface area contributed by atoms with Gasteiger partial charge in [0, 0.05) is 17.6 Å². The Morgan fingerprint density at radius 2 is 1.11 bits per heavy atom. The fraction of sp³-hybridized carbons (Fsp3) is 0. The van der Waals surface area contributed by atoms with Crippen LogP contribution in [-0.2, 0) is 0 Å². The molecule has 1 nitrogen and oxygen atoms in total. The molecule has 0 aromatic heterocycles. The number of hydrogen-bond acceptors (Lipinski definition) is 1.